The molecule has 1 aliphatic carbocycles. The first-order chi connectivity index (χ1) is 7.74. The van der Waals surface area contributed by atoms with Crippen molar-refractivity contribution in [2.24, 2.45) is 5.92 Å². The Hall–Kier alpha value is -1.20. The van der Waals surface area contributed by atoms with Crippen LogP contribution in [0.5, 0.6) is 0 Å². The average Bonchev–Trinajstić information content (AvgIpc) is 3.01. The van der Waals surface area contributed by atoms with Crippen LogP contribution in [0.2, 0.25) is 5.15 Å². The molecule has 0 aromatic carbocycles. The van der Waals surface area contributed by atoms with Crippen molar-refractivity contribution in [1.29, 1.82) is 0 Å². The number of halogens is 1. The van der Waals surface area contributed by atoms with Crippen molar-refractivity contribution in [1.82, 2.24) is 15.3 Å². The van der Waals surface area contributed by atoms with Crippen molar-refractivity contribution in [3.05, 3.63) is 17.5 Å². The van der Waals surface area contributed by atoms with Gasteiger partial charge in [0.2, 0.25) is 5.91 Å². The maximum absolute atomic E-state index is 11.4. The fourth-order valence-electron chi connectivity index (χ4n) is 1.30. The normalized spacial score (nSPS) is 14.8. The predicted octanol–water partition coefficient (Wildman–Crippen LogP) is 1.07. The van der Waals surface area contributed by atoms with Gasteiger partial charge < -0.3 is 10.6 Å². The van der Waals surface area contributed by atoms with E-state index in [1.165, 1.54) is 25.2 Å². The molecule has 2 rings (SSSR count). The van der Waals surface area contributed by atoms with Gasteiger partial charge in [0.25, 0.3) is 0 Å². The van der Waals surface area contributed by atoms with Gasteiger partial charge in [0.1, 0.15) is 17.3 Å². The Labute approximate surface area is 98.6 Å². The van der Waals surface area contributed by atoms with Crippen LogP contribution in [0.3, 0.4) is 0 Å². The van der Waals surface area contributed by atoms with Crippen molar-refractivity contribution in [3.8, 4) is 0 Å². The molecule has 16 heavy (non-hydrogen) atoms. The molecule has 0 spiro atoms. The van der Waals surface area contributed by atoms with E-state index in [0.29, 0.717) is 17.5 Å². The molecule has 0 aliphatic heterocycles. The Balaban J connectivity index is 1.73. The second kappa shape index (κ2) is 5.23. The maximum atomic E-state index is 11.4. The Morgan fingerprint density at radius 3 is 3.00 bits per heavy atom. The van der Waals surface area contributed by atoms with Crippen LogP contribution >= 0.6 is 11.6 Å². The monoisotopic (exact) mass is 240 g/mol. The van der Waals surface area contributed by atoms with Crippen LogP contribution in [0.1, 0.15) is 12.8 Å². The second-order valence-corrected chi connectivity index (χ2v) is 4.24. The average molecular weight is 241 g/mol. The first-order valence-electron chi connectivity index (χ1n) is 5.22. The van der Waals surface area contributed by atoms with Gasteiger partial charge in [0, 0.05) is 6.07 Å². The molecule has 0 atom stereocenters. The molecular formula is C10H13ClN4O. The lowest BCUT2D eigenvalue weighted by Crippen LogP contribution is -2.29. The third-order valence-electron chi connectivity index (χ3n) is 2.32. The van der Waals surface area contributed by atoms with E-state index in [1.54, 1.807) is 0 Å². The minimum atomic E-state index is -0.115. The molecule has 6 heteroatoms. The molecule has 1 aliphatic rings. The summed E-state index contributed by atoms with van der Waals surface area (Å²) < 4.78 is 0. The molecular weight excluding hydrogens is 228 g/mol. The minimum absolute atomic E-state index is 0.115. The number of amides is 1. The fraction of sp³-hybridized carbons (Fsp3) is 0.500. The van der Waals surface area contributed by atoms with E-state index in [2.05, 4.69) is 20.6 Å². The molecule has 1 heterocycles. The third kappa shape index (κ3) is 3.75. The number of hydrogen-bond acceptors (Lipinski definition) is 4. The highest BCUT2D eigenvalue weighted by molar-refractivity contribution is 6.29. The van der Waals surface area contributed by atoms with E-state index in [-0.39, 0.29) is 5.91 Å². The minimum Gasteiger partial charge on any atom is -0.309 e. The van der Waals surface area contributed by atoms with Crippen molar-refractivity contribution < 1.29 is 4.79 Å². The number of carbonyl (C=O) groups excluding carboxylic acids is 1. The zero-order valence-corrected chi connectivity index (χ0v) is 9.50. The molecule has 0 saturated heterocycles. The molecule has 1 amide bonds. The lowest BCUT2D eigenvalue weighted by Gasteiger charge is -2.05. The second-order valence-electron chi connectivity index (χ2n) is 3.85. The van der Waals surface area contributed by atoms with Crippen LogP contribution < -0.4 is 10.6 Å². The largest absolute Gasteiger partial charge is 0.309 e. The fourth-order valence-corrected chi connectivity index (χ4v) is 1.45. The zero-order chi connectivity index (χ0) is 11.4. The number of nitrogens with zero attached hydrogens (tertiary/aromatic N) is 2. The summed E-state index contributed by atoms with van der Waals surface area (Å²) in [6.07, 6.45) is 3.86. The summed E-state index contributed by atoms with van der Waals surface area (Å²) >= 11 is 5.66. The highest BCUT2D eigenvalue weighted by Crippen LogP contribution is 2.27. The number of aromatic nitrogens is 2. The van der Waals surface area contributed by atoms with Crippen LogP contribution in [-0.2, 0) is 4.79 Å². The summed E-state index contributed by atoms with van der Waals surface area (Å²) in [6, 6.07) is 1.51. The first-order valence-corrected chi connectivity index (χ1v) is 5.60. The van der Waals surface area contributed by atoms with Gasteiger partial charge in [-0.05, 0) is 25.3 Å². The number of carbonyl (C=O) groups is 1. The van der Waals surface area contributed by atoms with Crippen molar-refractivity contribution in [2.75, 3.05) is 18.4 Å². The quantitative estimate of drug-likeness (QED) is 0.756. The summed E-state index contributed by atoms with van der Waals surface area (Å²) in [7, 11) is 0. The summed E-state index contributed by atoms with van der Waals surface area (Å²) in [5.74, 6) is 1.08. The van der Waals surface area contributed by atoms with Crippen molar-refractivity contribution in [2.45, 2.75) is 12.8 Å². The van der Waals surface area contributed by atoms with Gasteiger partial charge in [-0.3, -0.25) is 4.79 Å². The van der Waals surface area contributed by atoms with Gasteiger partial charge >= 0.3 is 0 Å². The Bertz CT molecular complexity index is 381. The SMILES string of the molecule is O=C(CNCC1CC1)Nc1cc(Cl)ncn1. The van der Waals surface area contributed by atoms with Gasteiger partial charge in [-0.25, -0.2) is 9.97 Å². The molecule has 1 aromatic rings. The van der Waals surface area contributed by atoms with Crippen LogP contribution in [0.15, 0.2) is 12.4 Å². The van der Waals surface area contributed by atoms with Crippen molar-refractivity contribution in [3.63, 3.8) is 0 Å². The summed E-state index contributed by atoms with van der Waals surface area (Å²) in [5, 5.41) is 6.05. The van der Waals surface area contributed by atoms with Gasteiger partial charge in [0.15, 0.2) is 0 Å². The van der Waals surface area contributed by atoms with Crippen LogP contribution in [-0.4, -0.2) is 29.0 Å². The van der Waals surface area contributed by atoms with Gasteiger partial charge in [0.05, 0.1) is 6.54 Å². The summed E-state index contributed by atoms with van der Waals surface area (Å²) in [6.45, 7) is 1.22. The standard InChI is InChI=1S/C10H13ClN4O/c11-8-3-9(14-6-13-8)15-10(16)5-12-4-7-1-2-7/h3,6-7,12H,1-2,4-5H2,(H,13,14,15,16). The zero-order valence-electron chi connectivity index (χ0n) is 8.74. The Morgan fingerprint density at radius 2 is 2.31 bits per heavy atom. The molecule has 1 aromatic heterocycles. The topological polar surface area (TPSA) is 66.9 Å². The lowest BCUT2D eigenvalue weighted by molar-refractivity contribution is -0.115. The van der Waals surface area contributed by atoms with Gasteiger partial charge in [-0.2, -0.15) is 0 Å². The van der Waals surface area contributed by atoms with Crippen LogP contribution in [0, 0.1) is 5.92 Å². The molecule has 1 saturated carbocycles. The van der Waals surface area contributed by atoms with E-state index in [0.717, 1.165) is 12.5 Å². The van der Waals surface area contributed by atoms with Gasteiger partial charge in [-0.15, -0.1) is 0 Å². The maximum Gasteiger partial charge on any atom is 0.239 e. The molecule has 0 radical (unpaired) electrons. The van der Waals surface area contributed by atoms with E-state index in [9.17, 15) is 4.79 Å². The molecule has 1 fully saturated rings. The number of nitrogens with one attached hydrogen (secondary N) is 2. The Morgan fingerprint density at radius 1 is 1.50 bits per heavy atom. The van der Waals surface area contributed by atoms with Gasteiger partial charge in [-0.1, -0.05) is 11.6 Å². The predicted molar refractivity (Wildman–Crippen MR) is 61.3 cm³/mol. The smallest absolute Gasteiger partial charge is 0.239 e. The van der Waals surface area contributed by atoms with Crippen LogP contribution in [0.4, 0.5) is 5.82 Å². The summed E-state index contributed by atoms with van der Waals surface area (Å²) in [5.41, 5.74) is 0. The highest BCUT2D eigenvalue weighted by Gasteiger charge is 2.20. The molecule has 0 bridgehead atoms. The molecule has 5 nitrogen and oxygen atoms in total. The number of anilines is 1. The van der Waals surface area contributed by atoms with Crippen molar-refractivity contribution >= 4 is 23.3 Å². The van der Waals surface area contributed by atoms with E-state index in [1.807, 2.05) is 0 Å². The number of rotatable bonds is 5. The number of hydrogen-bond donors (Lipinski definition) is 2. The van der Waals surface area contributed by atoms with E-state index in [4.69, 9.17) is 11.6 Å². The first kappa shape index (κ1) is 11.3. The third-order valence-corrected chi connectivity index (χ3v) is 2.52. The molecule has 0 unspecified atom stereocenters. The highest BCUT2D eigenvalue weighted by atomic mass is 35.5. The lowest BCUT2D eigenvalue weighted by atomic mass is 10.4. The Kier molecular flexibility index (Phi) is 3.69. The molecule has 86 valence electrons. The summed E-state index contributed by atoms with van der Waals surface area (Å²) in [4.78, 5) is 19.1. The van der Waals surface area contributed by atoms with Crippen LogP contribution in [0.25, 0.3) is 0 Å². The van der Waals surface area contributed by atoms with E-state index >= 15 is 0 Å². The van der Waals surface area contributed by atoms with E-state index < -0.39 is 0 Å². The molecule has 2 N–H and O–H groups in total.